The number of benzene rings is 1. The Bertz CT molecular complexity index is 950. The molecule has 10 nitrogen and oxygen atoms in total. The highest BCUT2D eigenvalue weighted by atomic mass is 16.6. The van der Waals surface area contributed by atoms with E-state index in [1.54, 1.807) is 37.4 Å². The number of rotatable bonds is 3. The van der Waals surface area contributed by atoms with Crippen molar-refractivity contribution in [3.63, 3.8) is 0 Å². The number of nitrogen functional groups attached to an aromatic ring is 1. The van der Waals surface area contributed by atoms with Crippen LogP contribution in [0.4, 0.5) is 21.9 Å². The van der Waals surface area contributed by atoms with Gasteiger partial charge in [0.05, 0.1) is 4.92 Å². The predicted octanol–water partition coefficient (Wildman–Crippen LogP) is 3.35. The van der Waals surface area contributed by atoms with Gasteiger partial charge in [0.1, 0.15) is 11.8 Å². The fraction of sp³-hybridized carbons (Fsp3) is 0.455. The summed E-state index contributed by atoms with van der Waals surface area (Å²) >= 11 is 0. The summed E-state index contributed by atoms with van der Waals surface area (Å²) < 4.78 is 5.46. The van der Waals surface area contributed by atoms with Gasteiger partial charge in [0.15, 0.2) is 0 Å². The molecule has 32 heavy (non-hydrogen) atoms. The lowest BCUT2D eigenvalue weighted by atomic mass is 10.1. The Morgan fingerprint density at radius 1 is 1.28 bits per heavy atom. The number of nitrogens with zero attached hydrogens (tertiary/aromatic N) is 2. The van der Waals surface area contributed by atoms with Gasteiger partial charge in [-0.05, 0) is 45.9 Å². The number of aromatic amines is 1. The highest BCUT2D eigenvalue weighted by Crippen LogP contribution is 2.32. The highest BCUT2D eigenvalue weighted by Gasteiger charge is 2.26. The monoisotopic (exact) mass is 445 g/mol. The van der Waals surface area contributed by atoms with E-state index < -0.39 is 11.0 Å². The molecule has 0 unspecified atom stereocenters. The normalized spacial score (nSPS) is 14.2. The number of piperidine rings is 1. The van der Waals surface area contributed by atoms with Crippen LogP contribution in [0, 0.1) is 17.0 Å². The van der Waals surface area contributed by atoms with Crippen LogP contribution in [0.2, 0.25) is 0 Å². The van der Waals surface area contributed by atoms with Crippen LogP contribution < -0.4 is 21.5 Å². The van der Waals surface area contributed by atoms with Gasteiger partial charge in [-0.2, -0.15) is 0 Å². The summed E-state index contributed by atoms with van der Waals surface area (Å²) in [6.45, 7) is 8.79. The molecule has 1 saturated heterocycles. The Morgan fingerprint density at radius 3 is 2.38 bits per heavy atom. The van der Waals surface area contributed by atoms with Crippen LogP contribution in [-0.2, 0) is 4.74 Å². The molecule has 1 aromatic heterocycles. The van der Waals surface area contributed by atoms with E-state index in [0.717, 1.165) is 5.69 Å². The third-order valence-corrected chi connectivity index (χ3v) is 4.74. The van der Waals surface area contributed by atoms with Crippen molar-refractivity contribution >= 4 is 23.2 Å². The van der Waals surface area contributed by atoms with Crippen molar-refractivity contribution in [2.75, 3.05) is 23.7 Å². The molecule has 3 rings (SSSR count). The minimum atomic E-state index is -0.456. The molecule has 0 saturated carbocycles. The zero-order valence-corrected chi connectivity index (χ0v) is 18.9. The lowest BCUT2D eigenvalue weighted by molar-refractivity contribution is -0.384. The molecular weight excluding hydrogens is 414 g/mol. The maximum atomic E-state index is 11.8. The lowest BCUT2D eigenvalue weighted by Crippen LogP contribution is -2.44. The largest absolute Gasteiger partial charge is 0.446 e. The number of aryl methyl sites for hydroxylation is 1. The van der Waals surface area contributed by atoms with Gasteiger partial charge >= 0.3 is 6.09 Å². The number of pyridine rings is 1. The number of nitrogens with two attached hydrogens (primary N) is 1. The smallest absolute Gasteiger partial charge is 0.407 e. The number of nitro groups is 1. The van der Waals surface area contributed by atoms with Crippen molar-refractivity contribution in [1.82, 2.24) is 10.3 Å². The Balaban J connectivity index is 0.000000439. The van der Waals surface area contributed by atoms with E-state index in [9.17, 15) is 19.7 Å². The Morgan fingerprint density at radius 2 is 1.94 bits per heavy atom. The lowest BCUT2D eigenvalue weighted by Gasteiger charge is -2.34. The van der Waals surface area contributed by atoms with Gasteiger partial charge in [-0.15, -0.1) is 0 Å². The number of ether oxygens (including phenoxy) is 1. The number of carbonyl (C=O) groups excluding carboxylic acids is 1. The Hall–Kier alpha value is -3.56. The van der Waals surface area contributed by atoms with E-state index >= 15 is 0 Å². The summed E-state index contributed by atoms with van der Waals surface area (Å²) in [7, 11) is 0. The van der Waals surface area contributed by atoms with Gasteiger partial charge in [0, 0.05) is 55.0 Å². The van der Waals surface area contributed by atoms with Gasteiger partial charge in [-0.1, -0.05) is 6.07 Å². The summed E-state index contributed by atoms with van der Waals surface area (Å²) in [6.07, 6.45) is 2.47. The van der Waals surface area contributed by atoms with Gasteiger partial charge in [0.2, 0.25) is 5.56 Å². The number of carbonyl (C=O) groups is 1. The number of nitrogens with one attached hydrogen (secondary N) is 2. The Kier molecular flexibility index (Phi) is 8.22. The highest BCUT2D eigenvalue weighted by molar-refractivity contribution is 5.70. The summed E-state index contributed by atoms with van der Waals surface area (Å²) in [5.41, 5.74) is 6.99. The second kappa shape index (κ2) is 10.7. The third-order valence-electron chi connectivity index (χ3n) is 4.74. The van der Waals surface area contributed by atoms with Crippen molar-refractivity contribution in [2.45, 2.75) is 52.2 Å². The minimum Gasteiger partial charge on any atom is -0.446 e. The summed E-state index contributed by atoms with van der Waals surface area (Å²) in [4.78, 5) is 37.2. The second-order valence-corrected chi connectivity index (χ2v) is 8.65. The standard InChI is InChI=1S/C17H26N4O4.C5H5NO/c1-11-9-12(10-14(18)15(11)21(23)24)20-7-5-13(6-8-20)25-16(22)19-17(2,3)4;7-5-3-1-2-4-6-5/h9-10,13H,5-8,18H2,1-4H3,(H,19,22);1-4H,(H,6,7). The third kappa shape index (κ3) is 7.60. The fourth-order valence-electron chi connectivity index (χ4n) is 3.31. The van der Waals surface area contributed by atoms with Gasteiger partial charge in [0.25, 0.3) is 5.69 Å². The number of hydrogen-bond acceptors (Lipinski definition) is 7. The van der Waals surface area contributed by atoms with Crippen LogP contribution in [0.3, 0.4) is 0 Å². The quantitative estimate of drug-likeness (QED) is 0.373. The van der Waals surface area contributed by atoms with Crippen molar-refractivity contribution < 1.29 is 14.5 Å². The molecule has 0 bridgehead atoms. The van der Waals surface area contributed by atoms with E-state index in [1.807, 2.05) is 20.8 Å². The molecule has 174 valence electrons. The second-order valence-electron chi connectivity index (χ2n) is 8.65. The van der Waals surface area contributed by atoms with Crippen LogP contribution in [-0.4, -0.2) is 40.7 Å². The van der Waals surface area contributed by atoms with Crippen LogP contribution in [0.15, 0.2) is 41.3 Å². The van der Waals surface area contributed by atoms with E-state index in [2.05, 4.69) is 15.2 Å². The molecule has 0 aliphatic carbocycles. The molecule has 1 aliphatic rings. The zero-order valence-electron chi connectivity index (χ0n) is 18.9. The summed E-state index contributed by atoms with van der Waals surface area (Å²) in [5.74, 6) is 0. The first-order valence-electron chi connectivity index (χ1n) is 10.4. The average molecular weight is 446 g/mol. The van der Waals surface area contributed by atoms with E-state index in [1.165, 1.54) is 6.07 Å². The minimum absolute atomic E-state index is 0.0409. The fourth-order valence-corrected chi connectivity index (χ4v) is 3.31. The number of anilines is 2. The molecule has 4 N–H and O–H groups in total. The molecule has 0 atom stereocenters. The van der Waals surface area contributed by atoms with Crippen LogP contribution in [0.25, 0.3) is 0 Å². The average Bonchev–Trinajstić information content (AvgIpc) is 2.67. The molecule has 10 heteroatoms. The SMILES string of the molecule is Cc1cc(N2CCC(OC(=O)NC(C)(C)C)CC2)cc(N)c1[N+](=O)[O-].O=c1cccc[nH]1. The predicted molar refractivity (Wildman–Crippen MR) is 124 cm³/mol. The molecular formula is C22H31N5O5. The summed E-state index contributed by atoms with van der Waals surface area (Å²) in [5, 5.41) is 13.8. The van der Waals surface area contributed by atoms with Crippen molar-refractivity contribution in [2.24, 2.45) is 0 Å². The molecule has 2 aromatic rings. The maximum absolute atomic E-state index is 11.8. The molecule has 1 amide bonds. The molecule has 2 heterocycles. The summed E-state index contributed by atoms with van der Waals surface area (Å²) in [6, 6.07) is 8.35. The van der Waals surface area contributed by atoms with Crippen LogP contribution >= 0.6 is 0 Å². The zero-order chi connectivity index (χ0) is 23.9. The van der Waals surface area contributed by atoms with Crippen molar-refractivity contribution in [3.05, 3.63) is 62.6 Å². The van der Waals surface area contributed by atoms with E-state index in [4.69, 9.17) is 10.5 Å². The van der Waals surface area contributed by atoms with Crippen LogP contribution in [0.5, 0.6) is 0 Å². The molecule has 0 spiro atoms. The molecule has 1 aliphatic heterocycles. The van der Waals surface area contributed by atoms with E-state index in [0.29, 0.717) is 31.5 Å². The van der Waals surface area contributed by atoms with E-state index in [-0.39, 0.29) is 28.6 Å². The Labute approximate surface area is 186 Å². The number of nitro benzene ring substituents is 1. The van der Waals surface area contributed by atoms with Crippen LogP contribution in [0.1, 0.15) is 39.2 Å². The molecule has 0 radical (unpaired) electrons. The number of alkyl carbamates (subject to hydrolysis) is 1. The first-order valence-corrected chi connectivity index (χ1v) is 10.4. The number of aromatic nitrogens is 1. The molecule has 1 aromatic carbocycles. The first-order chi connectivity index (χ1) is 15.0. The topological polar surface area (TPSA) is 144 Å². The number of amides is 1. The van der Waals surface area contributed by atoms with Crippen molar-refractivity contribution in [1.29, 1.82) is 0 Å². The van der Waals surface area contributed by atoms with Crippen molar-refractivity contribution in [3.8, 4) is 0 Å². The number of H-pyrrole nitrogens is 1. The first kappa shape index (κ1) is 24.7. The maximum Gasteiger partial charge on any atom is 0.407 e. The van der Waals surface area contributed by atoms with Gasteiger partial charge in [-0.25, -0.2) is 4.79 Å². The van der Waals surface area contributed by atoms with Gasteiger partial charge < -0.3 is 25.7 Å². The number of hydrogen-bond donors (Lipinski definition) is 3. The molecule has 1 fully saturated rings. The van der Waals surface area contributed by atoms with Gasteiger partial charge in [-0.3, -0.25) is 14.9 Å².